The van der Waals surface area contributed by atoms with Crippen molar-refractivity contribution in [3.8, 4) is 0 Å². The molecule has 2 heterocycles. The molecule has 1 aromatic carbocycles. The van der Waals surface area contributed by atoms with Gasteiger partial charge in [-0.25, -0.2) is 9.67 Å². The molecule has 25 heavy (non-hydrogen) atoms. The number of hydrogen-bond donors (Lipinski definition) is 1. The fraction of sp³-hybridized carbons (Fsp3) is 0.263. The predicted octanol–water partition coefficient (Wildman–Crippen LogP) is 3.78. The van der Waals surface area contributed by atoms with Gasteiger partial charge in [-0.1, -0.05) is 0 Å². The quantitative estimate of drug-likeness (QED) is 0.736. The van der Waals surface area contributed by atoms with Gasteiger partial charge in [-0.2, -0.15) is 5.10 Å². The highest BCUT2D eigenvalue weighted by Gasteiger charge is 2.15. The number of nitrogens with zero attached hydrogens (tertiary/aromatic N) is 3. The number of pyridine rings is 1. The summed E-state index contributed by atoms with van der Waals surface area (Å²) in [6.45, 7) is 7.39. The largest absolute Gasteiger partial charge is 0.322 e. The third kappa shape index (κ3) is 3.28. The second-order valence-electron chi connectivity index (χ2n) is 6.30. The SMILES string of the molecule is CC(=O)c1ccc(NC(=O)c2cc3cnn(C(C)C)c3nc2C)cc1. The van der Waals surface area contributed by atoms with Gasteiger partial charge in [0.2, 0.25) is 0 Å². The first-order chi connectivity index (χ1) is 11.9. The summed E-state index contributed by atoms with van der Waals surface area (Å²) in [6, 6.07) is 8.82. The molecule has 1 N–H and O–H groups in total. The Hall–Kier alpha value is -3.02. The number of carbonyl (C=O) groups excluding carboxylic acids is 2. The molecule has 0 saturated carbocycles. The zero-order chi connectivity index (χ0) is 18.1. The minimum atomic E-state index is -0.236. The number of anilines is 1. The van der Waals surface area contributed by atoms with E-state index in [-0.39, 0.29) is 17.7 Å². The maximum Gasteiger partial charge on any atom is 0.257 e. The molecular weight excluding hydrogens is 316 g/mol. The van der Waals surface area contributed by atoms with Crippen molar-refractivity contribution in [2.75, 3.05) is 5.32 Å². The monoisotopic (exact) mass is 336 g/mol. The van der Waals surface area contributed by atoms with E-state index in [2.05, 4.69) is 15.4 Å². The van der Waals surface area contributed by atoms with Crippen molar-refractivity contribution >= 4 is 28.4 Å². The van der Waals surface area contributed by atoms with Gasteiger partial charge in [-0.15, -0.1) is 0 Å². The fourth-order valence-electron chi connectivity index (χ4n) is 2.66. The Kier molecular flexibility index (Phi) is 4.35. The molecule has 0 fully saturated rings. The number of hydrogen-bond acceptors (Lipinski definition) is 4. The number of rotatable bonds is 4. The Morgan fingerprint density at radius 2 is 1.84 bits per heavy atom. The molecule has 6 heteroatoms. The van der Waals surface area contributed by atoms with E-state index in [1.807, 2.05) is 31.5 Å². The summed E-state index contributed by atoms with van der Waals surface area (Å²) in [6.07, 6.45) is 1.72. The number of fused-ring (bicyclic) bond motifs is 1. The van der Waals surface area contributed by atoms with Gasteiger partial charge in [0.05, 0.1) is 17.5 Å². The van der Waals surface area contributed by atoms with E-state index in [0.717, 1.165) is 11.0 Å². The average molecular weight is 336 g/mol. The highest BCUT2D eigenvalue weighted by atomic mass is 16.1. The molecule has 0 aliphatic carbocycles. The topological polar surface area (TPSA) is 76.9 Å². The lowest BCUT2D eigenvalue weighted by molar-refractivity contribution is 0.101. The van der Waals surface area contributed by atoms with Crippen molar-refractivity contribution < 1.29 is 9.59 Å². The maximum atomic E-state index is 12.6. The standard InChI is InChI=1S/C19H20N4O2/c1-11(2)23-18-15(10-20-23)9-17(12(3)21-18)19(25)22-16-7-5-14(6-8-16)13(4)24/h5-11H,1-4H3,(H,22,25). The molecule has 128 valence electrons. The summed E-state index contributed by atoms with van der Waals surface area (Å²) < 4.78 is 1.84. The molecule has 0 unspecified atom stereocenters. The van der Waals surface area contributed by atoms with E-state index in [9.17, 15) is 9.59 Å². The van der Waals surface area contributed by atoms with Crippen LogP contribution in [0.25, 0.3) is 11.0 Å². The number of carbonyl (C=O) groups is 2. The highest BCUT2D eigenvalue weighted by molar-refractivity contribution is 6.06. The second kappa shape index (κ2) is 6.47. The molecule has 2 aromatic heterocycles. The van der Waals surface area contributed by atoms with E-state index in [1.165, 1.54) is 6.92 Å². The second-order valence-corrected chi connectivity index (χ2v) is 6.30. The molecule has 3 aromatic rings. The first-order valence-electron chi connectivity index (χ1n) is 8.14. The van der Waals surface area contributed by atoms with Crippen LogP contribution in [-0.4, -0.2) is 26.5 Å². The summed E-state index contributed by atoms with van der Waals surface area (Å²) in [4.78, 5) is 28.5. The van der Waals surface area contributed by atoms with E-state index in [1.54, 1.807) is 30.5 Å². The van der Waals surface area contributed by atoms with Crippen LogP contribution in [0.2, 0.25) is 0 Å². The van der Waals surface area contributed by atoms with Crippen LogP contribution in [0.3, 0.4) is 0 Å². The number of nitrogens with one attached hydrogen (secondary N) is 1. The minimum Gasteiger partial charge on any atom is -0.322 e. The Morgan fingerprint density at radius 1 is 1.16 bits per heavy atom. The number of amides is 1. The minimum absolute atomic E-state index is 0.00876. The van der Waals surface area contributed by atoms with Crippen molar-refractivity contribution in [1.29, 1.82) is 0 Å². The van der Waals surface area contributed by atoms with Crippen molar-refractivity contribution in [1.82, 2.24) is 14.8 Å². The van der Waals surface area contributed by atoms with Crippen molar-refractivity contribution in [3.63, 3.8) is 0 Å². The van der Waals surface area contributed by atoms with Crippen LogP contribution in [0.5, 0.6) is 0 Å². The summed E-state index contributed by atoms with van der Waals surface area (Å²) in [5.41, 5.74) is 3.17. The van der Waals surface area contributed by atoms with Crippen LogP contribution in [0.15, 0.2) is 36.5 Å². The van der Waals surface area contributed by atoms with Gasteiger partial charge in [0, 0.05) is 22.7 Å². The van der Waals surface area contributed by atoms with Crippen molar-refractivity contribution in [2.45, 2.75) is 33.7 Å². The van der Waals surface area contributed by atoms with Crippen molar-refractivity contribution in [2.24, 2.45) is 0 Å². The van der Waals surface area contributed by atoms with Crippen LogP contribution in [-0.2, 0) is 0 Å². The van der Waals surface area contributed by atoms with Gasteiger partial charge < -0.3 is 5.32 Å². The number of benzene rings is 1. The zero-order valence-corrected chi connectivity index (χ0v) is 14.7. The number of ketones is 1. The van der Waals surface area contributed by atoms with E-state index in [0.29, 0.717) is 22.5 Å². The van der Waals surface area contributed by atoms with Gasteiger partial charge in [0.1, 0.15) is 0 Å². The molecule has 3 rings (SSSR count). The summed E-state index contributed by atoms with van der Waals surface area (Å²) in [5, 5.41) is 8.01. The lowest BCUT2D eigenvalue weighted by Gasteiger charge is -2.10. The lowest BCUT2D eigenvalue weighted by atomic mass is 10.1. The van der Waals surface area contributed by atoms with Crippen molar-refractivity contribution in [3.05, 3.63) is 53.3 Å². The normalized spacial score (nSPS) is 11.1. The number of aromatic nitrogens is 3. The van der Waals surface area contributed by atoms with Gasteiger partial charge in [-0.05, 0) is 58.0 Å². The Labute approximate surface area is 145 Å². The van der Waals surface area contributed by atoms with Gasteiger partial charge in [0.25, 0.3) is 5.91 Å². The molecule has 1 amide bonds. The summed E-state index contributed by atoms with van der Waals surface area (Å²) in [5.74, 6) is -0.245. The maximum absolute atomic E-state index is 12.6. The molecule has 6 nitrogen and oxygen atoms in total. The van der Waals surface area contributed by atoms with Crippen LogP contribution in [0, 0.1) is 6.92 Å². The third-order valence-electron chi connectivity index (χ3n) is 4.04. The first kappa shape index (κ1) is 16.8. The van der Waals surface area contributed by atoms with E-state index in [4.69, 9.17) is 0 Å². The Balaban J connectivity index is 1.89. The number of Topliss-reactive ketones (excluding diaryl/α,β-unsaturated/α-hetero) is 1. The molecule has 0 atom stereocenters. The highest BCUT2D eigenvalue weighted by Crippen LogP contribution is 2.20. The van der Waals surface area contributed by atoms with Crippen LogP contribution in [0.1, 0.15) is 53.2 Å². The number of aryl methyl sites for hydroxylation is 1. The molecule has 0 aliphatic rings. The smallest absolute Gasteiger partial charge is 0.257 e. The van der Waals surface area contributed by atoms with Crippen LogP contribution >= 0.6 is 0 Å². The molecule has 0 radical (unpaired) electrons. The van der Waals surface area contributed by atoms with Crippen LogP contribution in [0.4, 0.5) is 5.69 Å². The summed E-state index contributed by atoms with van der Waals surface area (Å²) >= 11 is 0. The molecule has 0 saturated heterocycles. The van der Waals surface area contributed by atoms with Gasteiger partial charge in [0.15, 0.2) is 11.4 Å². The van der Waals surface area contributed by atoms with E-state index >= 15 is 0 Å². The zero-order valence-electron chi connectivity index (χ0n) is 14.7. The van der Waals surface area contributed by atoms with Gasteiger partial charge >= 0.3 is 0 Å². The first-order valence-corrected chi connectivity index (χ1v) is 8.14. The Bertz CT molecular complexity index is 955. The molecule has 0 aliphatic heterocycles. The van der Waals surface area contributed by atoms with Crippen LogP contribution < -0.4 is 5.32 Å². The molecular formula is C19H20N4O2. The summed E-state index contributed by atoms with van der Waals surface area (Å²) in [7, 11) is 0. The molecule has 0 bridgehead atoms. The predicted molar refractivity (Wildman–Crippen MR) is 97.0 cm³/mol. The van der Waals surface area contributed by atoms with Gasteiger partial charge in [-0.3, -0.25) is 9.59 Å². The van der Waals surface area contributed by atoms with E-state index < -0.39 is 0 Å². The third-order valence-corrected chi connectivity index (χ3v) is 4.04. The fourth-order valence-corrected chi connectivity index (χ4v) is 2.66. The Morgan fingerprint density at radius 3 is 2.44 bits per heavy atom. The lowest BCUT2D eigenvalue weighted by Crippen LogP contribution is -2.14. The molecule has 0 spiro atoms. The average Bonchev–Trinajstić information content (AvgIpc) is 2.97.